The van der Waals surface area contributed by atoms with E-state index in [1.165, 1.54) is 34.5 Å². The molecule has 0 aliphatic carbocycles. The molecule has 3 aliphatic heterocycles. The number of alkyl halides is 1. The van der Waals surface area contributed by atoms with E-state index in [2.05, 4.69) is 103 Å². The minimum Gasteiger partial charge on any atom is -0.468 e. The molecule has 6 amide bonds. The third-order valence-electron chi connectivity index (χ3n) is 14.7. The fraction of sp³-hybridized carbons (Fsp3) is 0.455. The van der Waals surface area contributed by atoms with Crippen LogP contribution in [0.15, 0.2) is 94.7 Å². The highest BCUT2D eigenvalue weighted by Crippen LogP contribution is 2.33. The van der Waals surface area contributed by atoms with Gasteiger partial charge in [0.1, 0.15) is 67.5 Å². The van der Waals surface area contributed by atoms with E-state index in [1.54, 1.807) is 98.5 Å². The van der Waals surface area contributed by atoms with Gasteiger partial charge in [0.2, 0.25) is 23.6 Å². The second-order valence-corrected chi connectivity index (χ2v) is 29.6. The third-order valence-corrected chi connectivity index (χ3v) is 17.8. The van der Waals surface area contributed by atoms with Crippen LogP contribution in [-0.4, -0.2) is 242 Å². The molecule has 3 unspecified atom stereocenters. The highest BCUT2D eigenvalue weighted by atomic mass is 79.9. The van der Waals surface area contributed by atoms with Crippen LogP contribution in [-0.2, 0) is 43.0 Å². The van der Waals surface area contributed by atoms with Crippen molar-refractivity contribution in [2.75, 3.05) is 119 Å². The molecule has 0 radical (unpaired) electrons. The van der Waals surface area contributed by atoms with Crippen LogP contribution in [0.2, 0.25) is 20.2 Å². The van der Waals surface area contributed by atoms with E-state index in [4.69, 9.17) is 55.9 Å². The highest BCUT2D eigenvalue weighted by Gasteiger charge is 2.39. The lowest BCUT2D eigenvalue weighted by Gasteiger charge is -2.39. The van der Waals surface area contributed by atoms with Crippen molar-refractivity contribution >= 4 is 170 Å². The van der Waals surface area contributed by atoms with Crippen molar-refractivity contribution in [3.8, 4) is 0 Å². The van der Waals surface area contributed by atoms with E-state index < -0.39 is 34.2 Å². The van der Waals surface area contributed by atoms with Gasteiger partial charge in [-0.1, -0.05) is 98.7 Å². The summed E-state index contributed by atoms with van der Waals surface area (Å²) in [6, 6.07) is 19.4. The minimum atomic E-state index is -0.794. The SMILES string of the molecule is CC(C)(C)OC(=O)N1CCCC(=O)C1.CN(C)CCNC(=O)C(c1ccc(Cl)cc1)N1CCN(C(=O)OC(C)(C)C)CC1=O.CN(C)CCNC(=O)C(c1ccc(Cl)cc1)N1CCN(c2ncnc3n[nH]c(Br)c23)CC1=O.COC(=O)C(Br)c1ccc(Cl)cc1.Clc1ncnc2n[nH]c(Br)c12. The Balaban J connectivity index is 0.000000213. The lowest BCUT2D eigenvalue weighted by Crippen LogP contribution is -2.56. The number of carbonyl (C=O) groups excluding carboxylic acids is 8. The topological polar surface area (TPSA) is 320 Å². The summed E-state index contributed by atoms with van der Waals surface area (Å²) in [5, 5.41) is 23.0. The number of aromatic amines is 2. The first-order chi connectivity index (χ1) is 47.6. The number of likely N-dealkylation sites (tertiary alicyclic amines) is 1. The van der Waals surface area contributed by atoms with Crippen molar-refractivity contribution in [2.45, 2.75) is 82.5 Å². The maximum absolute atomic E-state index is 13.3. The Hall–Kier alpha value is -7.36. The van der Waals surface area contributed by atoms with Gasteiger partial charge in [-0.15, -0.1) is 0 Å². The number of hydrogen-bond donors (Lipinski definition) is 4. The Bertz CT molecular complexity index is 3960. The van der Waals surface area contributed by atoms with Gasteiger partial charge in [0.05, 0.1) is 31.0 Å². The number of aromatic nitrogens is 8. The summed E-state index contributed by atoms with van der Waals surface area (Å²) < 4.78 is 16.5. The van der Waals surface area contributed by atoms with Crippen LogP contribution >= 0.6 is 94.2 Å². The highest BCUT2D eigenvalue weighted by molar-refractivity contribution is 9.11. The number of benzene rings is 3. The van der Waals surface area contributed by atoms with Crippen LogP contribution in [0.4, 0.5) is 15.4 Å². The molecule has 3 aromatic carbocycles. The van der Waals surface area contributed by atoms with E-state index in [9.17, 15) is 38.4 Å². The van der Waals surface area contributed by atoms with Gasteiger partial charge in [-0.25, -0.2) is 29.5 Å². The number of amides is 6. The van der Waals surface area contributed by atoms with E-state index in [0.29, 0.717) is 115 Å². The first-order valence-corrected chi connectivity index (χ1v) is 35.7. The molecule has 3 fully saturated rings. The summed E-state index contributed by atoms with van der Waals surface area (Å²) in [6.07, 6.45) is 3.21. The van der Waals surface area contributed by atoms with Gasteiger partial charge in [0, 0.05) is 80.4 Å². The molecule has 7 aromatic rings. The number of carbonyl (C=O) groups is 8. The number of H-pyrrole nitrogens is 2. The smallest absolute Gasteiger partial charge is 0.410 e. The van der Waals surface area contributed by atoms with Crippen molar-refractivity contribution in [2.24, 2.45) is 0 Å². The summed E-state index contributed by atoms with van der Waals surface area (Å²) in [4.78, 5) is 126. The van der Waals surface area contributed by atoms with E-state index in [-0.39, 0.29) is 74.2 Å². The molecule has 0 saturated carbocycles. The van der Waals surface area contributed by atoms with Gasteiger partial charge in [-0.3, -0.25) is 43.9 Å². The molecule has 3 aliphatic rings. The molecular weight excluding hydrogens is 1590 g/mol. The summed E-state index contributed by atoms with van der Waals surface area (Å²) in [6.45, 7) is 15.2. The quantitative estimate of drug-likeness (QED) is 0.0321. The Labute approximate surface area is 630 Å². The molecule has 7 heterocycles. The van der Waals surface area contributed by atoms with Crippen LogP contribution in [0.3, 0.4) is 0 Å². The Morgan fingerprint density at radius 2 is 1.00 bits per heavy atom. The number of fused-ring (bicyclic) bond motifs is 2. The molecule has 0 spiro atoms. The van der Waals surface area contributed by atoms with Crippen LogP contribution < -0.4 is 15.5 Å². The number of ether oxygens (including phenoxy) is 3. The molecule has 28 nitrogen and oxygen atoms in total. The van der Waals surface area contributed by atoms with Gasteiger partial charge < -0.3 is 54.2 Å². The predicted octanol–water partition coefficient (Wildman–Crippen LogP) is 10.3. The van der Waals surface area contributed by atoms with Crippen LogP contribution in [0.1, 0.15) is 88.0 Å². The summed E-state index contributed by atoms with van der Waals surface area (Å²) in [5.74, 6) is -0.553. The van der Waals surface area contributed by atoms with Gasteiger partial charge >= 0.3 is 18.2 Å². The standard InChI is InChI=1S/C21H24BrClN8O2.C21H31ClN4O4.C10H17NO3.C9H8BrClO2.C5H2BrClN4/c1-29(2)8-7-24-21(33)17(13-3-5-14(23)6-4-13)31-10-9-30(11-15(31)32)20-16-18(22)27-28-19(16)25-12-26-20;1-21(2,3)30-20(29)25-12-13-26(17(27)14-25)18(15-6-8-16(22)9-7-15)19(28)23-10-11-24(4)5;1-10(2,3)14-9(13)11-6-4-5-8(12)7-11;1-13-9(12)8(10)6-2-4-7(11)5-3-6;6-3-2-4(7)8-1-9-5(2)11-10-3/h3-6,12,17H,7-11H2,1-2H3,(H,24,33)(H,25,26,27,28);6-9,18H,10-14H2,1-5H3,(H,23,28);4-7H2,1-3H3;2-5,8H,1H3;1H,(H,8,9,10,11). The maximum Gasteiger partial charge on any atom is 0.410 e. The number of piperidine rings is 1. The van der Waals surface area contributed by atoms with Gasteiger partial charge in [-0.2, -0.15) is 10.2 Å². The van der Waals surface area contributed by atoms with Crippen LogP contribution in [0.5, 0.6) is 0 Å². The predicted molar refractivity (Wildman–Crippen MR) is 396 cm³/mol. The van der Waals surface area contributed by atoms with Gasteiger partial charge in [0.15, 0.2) is 17.1 Å². The zero-order valence-corrected chi connectivity index (χ0v) is 65.4. The monoisotopic (exact) mass is 1670 g/mol. The number of Topliss-reactive ketones (excluding diaryl/α,β-unsaturated/α-hetero) is 1. The lowest BCUT2D eigenvalue weighted by molar-refractivity contribution is -0.144. The number of likely N-dealkylation sites (N-methyl/N-ethyl adjacent to an activating group) is 2. The molecule has 35 heteroatoms. The maximum atomic E-state index is 13.3. The zero-order chi connectivity index (χ0) is 74.5. The number of halogens is 7. The number of methoxy groups -OCH3 is 1. The molecule has 4 aromatic heterocycles. The second-order valence-electron chi connectivity index (χ2n) is 25.4. The molecule has 3 atom stereocenters. The van der Waals surface area contributed by atoms with Crippen molar-refractivity contribution < 1.29 is 52.6 Å². The zero-order valence-electron chi connectivity index (χ0n) is 57.7. The largest absolute Gasteiger partial charge is 0.468 e. The number of nitrogens with zero attached hydrogens (tertiary/aromatic N) is 13. The second kappa shape index (κ2) is 38.8. The Morgan fingerprint density at radius 1 is 0.574 bits per heavy atom. The van der Waals surface area contributed by atoms with Gasteiger partial charge in [-0.05, 0) is 161 Å². The van der Waals surface area contributed by atoms with E-state index in [0.717, 1.165) is 17.4 Å². The molecular formula is C66H82Br3Cl4N17O11. The number of ketones is 1. The first kappa shape index (κ1) is 82.6. The molecule has 546 valence electrons. The summed E-state index contributed by atoms with van der Waals surface area (Å²) >= 11 is 33.4. The molecule has 0 bridgehead atoms. The number of hydrogen-bond acceptors (Lipinski definition) is 20. The number of nitrogens with one attached hydrogen (secondary N) is 4. The summed E-state index contributed by atoms with van der Waals surface area (Å²) in [7, 11) is 9.07. The fourth-order valence-electron chi connectivity index (χ4n) is 9.84. The average Bonchev–Trinajstić information content (AvgIpc) is 1.77. The average molecular weight is 1670 g/mol. The van der Waals surface area contributed by atoms with Crippen LogP contribution in [0, 0.1) is 0 Å². The fourth-order valence-corrected chi connectivity index (χ4v) is 11.9. The molecule has 4 N–H and O–H groups in total. The summed E-state index contributed by atoms with van der Waals surface area (Å²) in [5.41, 5.74) is 2.16. The minimum absolute atomic E-state index is 0.0821. The van der Waals surface area contributed by atoms with Crippen molar-refractivity contribution in [1.29, 1.82) is 0 Å². The van der Waals surface area contributed by atoms with Crippen LogP contribution in [0.25, 0.3) is 22.1 Å². The van der Waals surface area contributed by atoms with E-state index in [1.807, 2.05) is 63.7 Å². The Kier molecular flexibility index (Phi) is 31.7. The lowest BCUT2D eigenvalue weighted by atomic mass is 10.0. The first-order valence-electron chi connectivity index (χ1n) is 31.6. The van der Waals surface area contributed by atoms with Gasteiger partial charge in [0.25, 0.3) is 0 Å². The van der Waals surface area contributed by atoms with Crippen molar-refractivity contribution in [3.63, 3.8) is 0 Å². The molecule has 101 heavy (non-hydrogen) atoms. The van der Waals surface area contributed by atoms with Crippen molar-refractivity contribution in [3.05, 3.63) is 132 Å². The molecule has 3 saturated heterocycles. The number of esters is 1. The molecule has 10 rings (SSSR count). The van der Waals surface area contributed by atoms with E-state index >= 15 is 0 Å². The number of rotatable bonds is 15. The third kappa shape index (κ3) is 25.5. The Morgan fingerprint density at radius 3 is 1.43 bits per heavy atom. The van der Waals surface area contributed by atoms with Crippen molar-refractivity contribution in [1.82, 2.24) is 80.4 Å². The number of piperazine rings is 2. The number of anilines is 1. The normalized spacial score (nSPS) is 15.0.